The zero-order valence-corrected chi connectivity index (χ0v) is 11.9. The van der Waals surface area contributed by atoms with Gasteiger partial charge in [0.25, 0.3) is 0 Å². The van der Waals surface area contributed by atoms with Crippen molar-refractivity contribution in [3.05, 3.63) is 40.5 Å². The Morgan fingerprint density at radius 1 is 1.22 bits per heavy atom. The minimum atomic E-state index is 0.159. The van der Waals surface area contributed by atoms with Crippen molar-refractivity contribution in [2.75, 3.05) is 11.9 Å². The molecule has 0 aliphatic heterocycles. The fourth-order valence-electron chi connectivity index (χ4n) is 1.62. The van der Waals surface area contributed by atoms with Crippen LogP contribution < -0.4 is 5.32 Å². The van der Waals surface area contributed by atoms with Gasteiger partial charge in [0.2, 0.25) is 0 Å². The Balaban J connectivity index is 1.87. The van der Waals surface area contributed by atoms with Gasteiger partial charge in [0.05, 0.1) is 11.2 Å². The van der Waals surface area contributed by atoms with Crippen LogP contribution in [0.5, 0.6) is 0 Å². The van der Waals surface area contributed by atoms with Gasteiger partial charge >= 0.3 is 0 Å². The second-order valence-electron chi connectivity index (χ2n) is 5.34. The number of nitrogens with zero attached hydrogens (tertiary/aromatic N) is 2. The summed E-state index contributed by atoms with van der Waals surface area (Å²) >= 11 is 1.64. The van der Waals surface area contributed by atoms with E-state index in [-0.39, 0.29) is 5.41 Å². The molecule has 2 aromatic rings. The van der Waals surface area contributed by atoms with Crippen LogP contribution in [0.15, 0.2) is 29.2 Å². The molecule has 2 rings (SSSR count). The summed E-state index contributed by atoms with van der Waals surface area (Å²) in [6.45, 7) is 7.45. The van der Waals surface area contributed by atoms with Gasteiger partial charge in [-0.3, -0.25) is 0 Å². The van der Waals surface area contributed by atoms with E-state index < -0.39 is 0 Å². The Morgan fingerprint density at radius 3 is 2.61 bits per heavy atom. The number of rotatable bonds is 4. The second-order valence-corrected chi connectivity index (χ2v) is 6.06. The average Bonchev–Trinajstić information content (AvgIpc) is 2.82. The number of pyridine rings is 1. The number of hydrogen-bond donors (Lipinski definition) is 1. The van der Waals surface area contributed by atoms with Gasteiger partial charge in [-0.1, -0.05) is 26.8 Å². The summed E-state index contributed by atoms with van der Waals surface area (Å²) in [6, 6.07) is 4.18. The molecule has 0 bridgehead atoms. The lowest BCUT2D eigenvalue weighted by Crippen LogP contribution is -2.12. The van der Waals surface area contributed by atoms with E-state index in [9.17, 15) is 0 Å². The van der Waals surface area contributed by atoms with Gasteiger partial charge in [-0.05, 0) is 17.0 Å². The van der Waals surface area contributed by atoms with Gasteiger partial charge in [0.15, 0.2) is 0 Å². The van der Waals surface area contributed by atoms with Gasteiger partial charge in [-0.2, -0.15) is 0 Å². The Bertz CT molecular complexity index is 469. The highest BCUT2D eigenvalue weighted by atomic mass is 32.1. The SMILES string of the molecule is CC(C)(C)c1ccc(NCCc2cscn2)nc1. The molecule has 0 atom stereocenters. The Hall–Kier alpha value is -1.42. The summed E-state index contributed by atoms with van der Waals surface area (Å²) < 4.78 is 0. The molecule has 1 N–H and O–H groups in total. The monoisotopic (exact) mass is 261 g/mol. The molecule has 4 heteroatoms. The summed E-state index contributed by atoms with van der Waals surface area (Å²) in [5, 5.41) is 5.40. The number of anilines is 1. The first-order valence-corrected chi connectivity index (χ1v) is 7.07. The minimum Gasteiger partial charge on any atom is -0.370 e. The zero-order valence-electron chi connectivity index (χ0n) is 11.1. The second kappa shape index (κ2) is 5.48. The first-order chi connectivity index (χ1) is 8.55. The van der Waals surface area contributed by atoms with E-state index in [1.807, 2.05) is 17.8 Å². The molecule has 2 heterocycles. The lowest BCUT2D eigenvalue weighted by atomic mass is 9.88. The summed E-state index contributed by atoms with van der Waals surface area (Å²) in [4.78, 5) is 8.69. The summed E-state index contributed by atoms with van der Waals surface area (Å²) in [5.41, 5.74) is 4.42. The highest BCUT2D eigenvalue weighted by molar-refractivity contribution is 7.07. The van der Waals surface area contributed by atoms with Crippen molar-refractivity contribution in [1.82, 2.24) is 9.97 Å². The van der Waals surface area contributed by atoms with Crippen LogP contribution in [-0.2, 0) is 11.8 Å². The Labute approximate surface area is 112 Å². The number of thiazole rings is 1. The van der Waals surface area contributed by atoms with Crippen LogP contribution in [-0.4, -0.2) is 16.5 Å². The highest BCUT2D eigenvalue weighted by Crippen LogP contribution is 2.21. The van der Waals surface area contributed by atoms with Crippen molar-refractivity contribution in [1.29, 1.82) is 0 Å². The molecule has 0 aliphatic rings. The molecule has 0 aromatic carbocycles. The van der Waals surface area contributed by atoms with E-state index in [1.165, 1.54) is 5.56 Å². The summed E-state index contributed by atoms with van der Waals surface area (Å²) in [7, 11) is 0. The van der Waals surface area contributed by atoms with Gasteiger partial charge in [0, 0.05) is 24.5 Å². The molecule has 0 radical (unpaired) electrons. The third-order valence-corrected chi connectivity index (χ3v) is 3.44. The molecule has 0 fully saturated rings. The standard InChI is InChI=1S/C14H19N3S/c1-14(2,3)11-4-5-13(16-8-11)15-7-6-12-9-18-10-17-12/h4-5,8-10H,6-7H2,1-3H3,(H,15,16). The topological polar surface area (TPSA) is 37.8 Å². The molecule has 3 nitrogen and oxygen atoms in total. The molecule has 2 aromatic heterocycles. The van der Waals surface area contributed by atoms with E-state index in [1.54, 1.807) is 11.3 Å². The van der Waals surface area contributed by atoms with Crippen molar-refractivity contribution < 1.29 is 0 Å². The van der Waals surface area contributed by atoms with Crippen molar-refractivity contribution in [3.8, 4) is 0 Å². The molecule has 0 amide bonds. The molecular weight excluding hydrogens is 242 g/mol. The normalized spacial score (nSPS) is 11.5. The molecule has 18 heavy (non-hydrogen) atoms. The van der Waals surface area contributed by atoms with E-state index in [4.69, 9.17) is 0 Å². The van der Waals surface area contributed by atoms with E-state index in [2.05, 4.69) is 47.5 Å². The maximum Gasteiger partial charge on any atom is 0.125 e. The van der Waals surface area contributed by atoms with Crippen LogP contribution in [0.4, 0.5) is 5.82 Å². The molecule has 0 saturated carbocycles. The first-order valence-electron chi connectivity index (χ1n) is 6.13. The Morgan fingerprint density at radius 2 is 2.06 bits per heavy atom. The van der Waals surface area contributed by atoms with E-state index in [0.717, 1.165) is 24.5 Å². The highest BCUT2D eigenvalue weighted by Gasteiger charge is 2.13. The fourth-order valence-corrected chi connectivity index (χ4v) is 2.21. The third kappa shape index (κ3) is 3.53. The van der Waals surface area contributed by atoms with Crippen molar-refractivity contribution >= 4 is 17.2 Å². The molecule has 0 saturated heterocycles. The van der Waals surface area contributed by atoms with Crippen LogP contribution in [0.3, 0.4) is 0 Å². The van der Waals surface area contributed by atoms with Crippen LogP contribution >= 0.6 is 11.3 Å². The fraction of sp³-hybridized carbons (Fsp3) is 0.429. The van der Waals surface area contributed by atoms with Gasteiger partial charge in [-0.15, -0.1) is 11.3 Å². The largest absolute Gasteiger partial charge is 0.370 e. The number of hydrogen-bond acceptors (Lipinski definition) is 4. The third-order valence-electron chi connectivity index (χ3n) is 2.80. The van der Waals surface area contributed by atoms with E-state index >= 15 is 0 Å². The van der Waals surface area contributed by atoms with Crippen LogP contribution in [0.25, 0.3) is 0 Å². The summed E-state index contributed by atoms with van der Waals surface area (Å²) in [6.07, 6.45) is 2.89. The van der Waals surface area contributed by atoms with E-state index in [0.29, 0.717) is 0 Å². The molecule has 96 valence electrons. The summed E-state index contributed by atoms with van der Waals surface area (Å²) in [5.74, 6) is 0.929. The predicted octanol–water partition coefficient (Wildman–Crippen LogP) is 3.49. The van der Waals surface area contributed by atoms with Crippen LogP contribution in [0, 0.1) is 0 Å². The smallest absolute Gasteiger partial charge is 0.125 e. The molecule has 0 spiro atoms. The first kappa shape index (κ1) is 13.0. The zero-order chi connectivity index (χ0) is 13.0. The average molecular weight is 261 g/mol. The molecule has 0 aliphatic carbocycles. The molecular formula is C14H19N3S. The van der Waals surface area contributed by atoms with Crippen molar-refractivity contribution in [2.45, 2.75) is 32.6 Å². The van der Waals surface area contributed by atoms with Crippen LogP contribution in [0.1, 0.15) is 32.0 Å². The maximum atomic E-state index is 4.44. The number of nitrogens with one attached hydrogen (secondary N) is 1. The van der Waals surface area contributed by atoms with Gasteiger partial charge < -0.3 is 5.32 Å². The minimum absolute atomic E-state index is 0.159. The quantitative estimate of drug-likeness (QED) is 0.915. The molecule has 0 unspecified atom stereocenters. The number of aromatic nitrogens is 2. The van der Waals surface area contributed by atoms with Crippen molar-refractivity contribution in [3.63, 3.8) is 0 Å². The van der Waals surface area contributed by atoms with Gasteiger partial charge in [-0.25, -0.2) is 9.97 Å². The van der Waals surface area contributed by atoms with Gasteiger partial charge in [0.1, 0.15) is 5.82 Å². The Kier molecular flexibility index (Phi) is 3.97. The maximum absolute atomic E-state index is 4.44. The lowest BCUT2D eigenvalue weighted by molar-refractivity contribution is 0.587. The van der Waals surface area contributed by atoms with Crippen molar-refractivity contribution in [2.24, 2.45) is 0 Å². The lowest BCUT2D eigenvalue weighted by Gasteiger charge is -2.18. The predicted molar refractivity (Wildman–Crippen MR) is 77.2 cm³/mol. The van der Waals surface area contributed by atoms with Crippen LogP contribution in [0.2, 0.25) is 0 Å².